The van der Waals surface area contributed by atoms with E-state index in [-0.39, 0.29) is 41.3 Å². The fourth-order valence-corrected chi connectivity index (χ4v) is 8.70. The van der Waals surface area contributed by atoms with Crippen molar-refractivity contribution in [1.82, 2.24) is 0 Å². The maximum Gasteiger partial charge on any atom is 0.303 e. The number of fused-ring (bicyclic) bond motifs is 5. The van der Waals surface area contributed by atoms with Gasteiger partial charge in [-0.1, -0.05) is 13.8 Å². The van der Waals surface area contributed by atoms with Crippen LogP contribution in [0.1, 0.15) is 99.3 Å². The normalized spacial score (nSPS) is 42.9. The van der Waals surface area contributed by atoms with E-state index in [4.69, 9.17) is 4.74 Å². The van der Waals surface area contributed by atoms with Gasteiger partial charge in [-0.3, -0.25) is 9.59 Å². The first-order chi connectivity index (χ1) is 16.5. The fourth-order valence-electron chi connectivity index (χ4n) is 8.70. The van der Waals surface area contributed by atoms with Crippen LogP contribution in [-0.4, -0.2) is 61.2 Å². The number of hydrogen-bond acceptors (Lipinski definition) is 7. The third-order valence-electron chi connectivity index (χ3n) is 10.9. The summed E-state index contributed by atoms with van der Waals surface area (Å²) < 4.78 is 5.35. The maximum absolute atomic E-state index is 13.3. The van der Waals surface area contributed by atoms with Crippen LogP contribution in [0, 0.1) is 28.6 Å². The van der Waals surface area contributed by atoms with Crippen LogP contribution >= 0.6 is 0 Å². The van der Waals surface area contributed by atoms with Crippen LogP contribution in [-0.2, 0) is 14.3 Å². The Labute approximate surface area is 215 Å². The molecule has 4 rings (SSSR count). The highest BCUT2D eigenvalue weighted by atomic mass is 16.6. The minimum Gasteiger partial charge on any atom is -0.460 e. The Morgan fingerprint density at radius 1 is 1.14 bits per heavy atom. The summed E-state index contributed by atoms with van der Waals surface area (Å²) in [7, 11) is 0. The first-order valence-electron chi connectivity index (χ1n) is 13.7. The molecular formula is C29H46O7. The van der Waals surface area contributed by atoms with Crippen molar-refractivity contribution in [2.24, 2.45) is 28.6 Å². The summed E-state index contributed by atoms with van der Waals surface area (Å²) in [5.74, 6) is -0.889. The van der Waals surface area contributed by atoms with E-state index in [1.807, 2.05) is 6.92 Å². The van der Waals surface area contributed by atoms with Crippen molar-refractivity contribution >= 4 is 11.8 Å². The Balaban J connectivity index is 1.59. The summed E-state index contributed by atoms with van der Waals surface area (Å²) in [4.78, 5) is 24.7. The molecule has 3 fully saturated rings. The van der Waals surface area contributed by atoms with Gasteiger partial charge in [-0.15, -0.1) is 0 Å². The molecule has 7 heteroatoms. The summed E-state index contributed by atoms with van der Waals surface area (Å²) >= 11 is 0. The summed E-state index contributed by atoms with van der Waals surface area (Å²) in [6, 6.07) is 0. The molecule has 4 aliphatic carbocycles. The zero-order valence-corrected chi connectivity index (χ0v) is 22.8. The summed E-state index contributed by atoms with van der Waals surface area (Å²) in [6.07, 6.45) is 5.21. The van der Waals surface area contributed by atoms with Gasteiger partial charge >= 0.3 is 5.97 Å². The van der Waals surface area contributed by atoms with E-state index in [1.165, 1.54) is 6.92 Å². The highest BCUT2D eigenvalue weighted by molar-refractivity contribution is 5.95. The molecule has 0 amide bonds. The fraction of sp³-hybridized carbons (Fsp3) is 0.862. The van der Waals surface area contributed by atoms with Gasteiger partial charge in [-0.2, -0.15) is 0 Å². The van der Waals surface area contributed by atoms with E-state index in [2.05, 4.69) is 6.92 Å². The molecule has 0 saturated heterocycles. The van der Waals surface area contributed by atoms with Gasteiger partial charge in [0.15, 0.2) is 5.78 Å². The highest BCUT2D eigenvalue weighted by Crippen LogP contribution is 2.68. The summed E-state index contributed by atoms with van der Waals surface area (Å²) in [6.45, 7) is 10.8. The largest absolute Gasteiger partial charge is 0.460 e. The van der Waals surface area contributed by atoms with Crippen LogP contribution in [0.5, 0.6) is 0 Å². The van der Waals surface area contributed by atoms with E-state index >= 15 is 0 Å². The van der Waals surface area contributed by atoms with Gasteiger partial charge in [0.05, 0.1) is 23.4 Å². The van der Waals surface area contributed by atoms with Gasteiger partial charge in [0.1, 0.15) is 5.60 Å². The molecule has 3 saturated carbocycles. The van der Waals surface area contributed by atoms with Crippen LogP contribution in [0.2, 0.25) is 0 Å². The predicted molar refractivity (Wildman–Crippen MR) is 135 cm³/mol. The van der Waals surface area contributed by atoms with E-state index in [1.54, 1.807) is 26.8 Å². The molecule has 0 aromatic rings. The lowest BCUT2D eigenvalue weighted by molar-refractivity contribution is -0.174. The SMILES string of the molecule is CC(=O)OC(C)(C)CC[C@@H](O)[C@@](C)(O)[C@H]1CC[C@@]2(O)C3=CC(=O)C4C[C@@H](O)CC[C@]4(C)C3CC[C@]12C. The average molecular weight is 507 g/mol. The average Bonchev–Trinajstić information content (AvgIpc) is 3.05. The quantitative estimate of drug-likeness (QED) is 0.407. The number of aliphatic hydroxyl groups is 4. The zero-order chi connectivity index (χ0) is 26.9. The molecule has 4 N–H and O–H groups in total. The van der Waals surface area contributed by atoms with Gasteiger partial charge < -0.3 is 25.2 Å². The summed E-state index contributed by atoms with van der Waals surface area (Å²) in [5.41, 5.74) is -3.60. The maximum atomic E-state index is 13.3. The molecule has 204 valence electrons. The Morgan fingerprint density at radius 2 is 1.81 bits per heavy atom. The van der Waals surface area contributed by atoms with Gasteiger partial charge in [0.2, 0.25) is 0 Å². The van der Waals surface area contributed by atoms with Gasteiger partial charge in [-0.25, -0.2) is 0 Å². The van der Waals surface area contributed by atoms with Crippen molar-refractivity contribution in [3.63, 3.8) is 0 Å². The van der Waals surface area contributed by atoms with E-state index in [9.17, 15) is 30.0 Å². The number of esters is 1. The standard InChI is InChI=1S/C29H46O7/c1-17(30)36-25(2,3)11-10-24(33)28(6,34)23-9-14-29(35)20-16-22(32)21-15-18(31)7-12-26(21,4)19(20)8-13-27(23,29)5/h16,18-19,21,23-24,31,33-35H,7-15H2,1-6H3/t18-,19?,21?,23-,24+,26+,27+,28-,29+/m0/s1. The molecule has 0 aliphatic heterocycles. The molecule has 0 aromatic heterocycles. The molecule has 0 heterocycles. The van der Waals surface area contributed by atoms with Crippen LogP contribution in [0.15, 0.2) is 11.6 Å². The third kappa shape index (κ3) is 4.18. The smallest absolute Gasteiger partial charge is 0.303 e. The number of allylic oxidation sites excluding steroid dienone is 1. The van der Waals surface area contributed by atoms with E-state index < -0.39 is 34.4 Å². The molecular weight excluding hydrogens is 460 g/mol. The first kappa shape index (κ1) is 27.7. The number of carbonyl (C=O) groups is 2. The number of ether oxygens (including phenoxy) is 1. The minimum atomic E-state index is -1.46. The molecule has 0 aromatic carbocycles. The van der Waals surface area contributed by atoms with Gasteiger partial charge in [0, 0.05) is 18.3 Å². The van der Waals surface area contributed by atoms with Crippen LogP contribution in [0.3, 0.4) is 0 Å². The molecule has 0 bridgehead atoms. The molecule has 36 heavy (non-hydrogen) atoms. The monoisotopic (exact) mass is 506 g/mol. The predicted octanol–water partition coefficient (Wildman–Crippen LogP) is 3.45. The van der Waals surface area contributed by atoms with Crippen molar-refractivity contribution in [1.29, 1.82) is 0 Å². The lowest BCUT2D eigenvalue weighted by atomic mass is 9.46. The van der Waals surface area contributed by atoms with Crippen molar-refractivity contribution in [2.75, 3.05) is 0 Å². The number of aliphatic hydroxyl groups excluding tert-OH is 2. The lowest BCUT2D eigenvalue weighted by Crippen LogP contribution is -2.62. The Kier molecular flexibility index (Phi) is 6.85. The molecule has 0 radical (unpaired) electrons. The molecule has 0 spiro atoms. The van der Waals surface area contributed by atoms with Crippen molar-refractivity contribution in [2.45, 2.75) is 128 Å². The summed E-state index contributed by atoms with van der Waals surface area (Å²) in [5, 5.41) is 45.4. The van der Waals surface area contributed by atoms with Gasteiger partial charge in [0.25, 0.3) is 0 Å². The van der Waals surface area contributed by atoms with Crippen molar-refractivity contribution in [3.8, 4) is 0 Å². The second kappa shape index (κ2) is 8.89. The number of hydrogen-bond donors (Lipinski definition) is 4. The lowest BCUT2D eigenvalue weighted by Gasteiger charge is -2.60. The second-order valence-electron chi connectivity index (χ2n) is 13.6. The molecule has 9 atom stereocenters. The van der Waals surface area contributed by atoms with Crippen LogP contribution < -0.4 is 0 Å². The Bertz CT molecular complexity index is 938. The Morgan fingerprint density at radius 3 is 2.44 bits per heavy atom. The second-order valence-corrected chi connectivity index (χ2v) is 13.6. The third-order valence-corrected chi connectivity index (χ3v) is 10.9. The number of ketones is 1. The minimum absolute atomic E-state index is 0.00289. The van der Waals surface area contributed by atoms with Crippen molar-refractivity contribution in [3.05, 3.63) is 11.6 Å². The van der Waals surface area contributed by atoms with E-state index in [0.29, 0.717) is 38.5 Å². The number of carbonyl (C=O) groups excluding carboxylic acids is 2. The van der Waals surface area contributed by atoms with Crippen LogP contribution in [0.25, 0.3) is 0 Å². The van der Waals surface area contributed by atoms with Crippen molar-refractivity contribution < 1.29 is 34.8 Å². The molecule has 4 aliphatic rings. The molecule has 2 unspecified atom stereocenters. The molecule has 7 nitrogen and oxygen atoms in total. The first-order valence-corrected chi connectivity index (χ1v) is 13.7. The van der Waals surface area contributed by atoms with Crippen LogP contribution in [0.4, 0.5) is 0 Å². The van der Waals surface area contributed by atoms with Gasteiger partial charge in [-0.05, 0) is 107 Å². The number of rotatable bonds is 6. The topological polar surface area (TPSA) is 124 Å². The van der Waals surface area contributed by atoms with E-state index in [0.717, 1.165) is 18.4 Å². The zero-order valence-electron chi connectivity index (χ0n) is 22.8. The highest BCUT2D eigenvalue weighted by Gasteiger charge is 2.68. The Hall–Kier alpha value is -1.28.